The van der Waals surface area contributed by atoms with Gasteiger partial charge in [-0.15, -0.1) is 0 Å². The Kier molecular flexibility index (Phi) is 5.86. The summed E-state index contributed by atoms with van der Waals surface area (Å²) in [5, 5.41) is 43.1. The molecule has 24 heavy (non-hydrogen) atoms. The van der Waals surface area contributed by atoms with E-state index < -0.39 is 62.9 Å². The first kappa shape index (κ1) is 19.9. The van der Waals surface area contributed by atoms with Crippen LogP contribution in [-0.4, -0.2) is 97.2 Å². The van der Waals surface area contributed by atoms with Gasteiger partial charge in [0.05, 0.1) is 12.7 Å². The molecule has 6 N–H and O–H groups in total. The molecule has 0 bridgehead atoms. The monoisotopic (exact) mass is 392 g/mol. The Balaban J connectivity index is 2.15. The molecule has 142 valence electrons. The number of sulfonamides is 1. The lowest BCUT2D eigenvalue weighted by molar-refractivity contribution is -0.208. The maximum absolute atomic E-state index is 12.6. The Morgan fingerprint density at radius 2 is 1.75 bits per heavy atom. The summed E-state index contributed by atoms with van der Waals surface area (Å²) in [6.07, 6.45) is -7.79. The summed E-state index contributed by atoms with van der Waals surface area (Å²) in [6, 6.07) is 0. The summed E-state index contributed by atoms with van der Waals surface area (Å²) in [6.45, 7) is -1.22. The highest BCUT2D eigenvalue weighted by Crippen LogP contribution is 2.29. The Labute approximate surface area is 138 Å². The summed E-state index contributed by atoms with van der Waals surface area (Å²) in [5.74, 6) is 0. The topological polar surface area (TPSA) is 197 Å². The van der Waals surface area contributed by atoms with Crippen molar-refractivity contribution >= 4 is 20.3 Å². The number of hydrogen-bond acceptors (Lipinski definition) is 10. The summed E-state index contributed by atoms with van der Waals surface area (Å²) in [7, 11) is -8.58. The predicted octanol–water partition coefficient (Wildman–Crippen LogP) is -4.59. The third kappa shape index (κ3) is 4.04. The van der Waals surface area contributed by atoms with Crippen LogP contribution in [0.5, 0.6) is 0 Å². The average Bonchev–Trinajstić information content (AvgIpc) is 2.92. The van der Waals surface area contributed by atoms with Crippen LogP contribution >= 0.6 is 0 Å². The number of rotatable bonds is 5. The molecule has 0 aliphatic carbocycles. The molecule has 2 aliphatic heterocycles. The van der Waals surface area contributed by atoms with Crippen molar-refractivity contribution in [3.8, 4) is 0 Å². The molecular weight excluding hydrogens is 372 g/mol. The van der Waals surface area contributed by atoms with Gasteiger partial charge in [-0.3, -0.25) is 4.18 Å². The van der Waals surface area contributed by atoms with E-state index in [9.17, 15) is 32.2 Å². The fourth-order valence-corrected chi connectivity index (χ4v) is 5.02. The van der Waals surface area contributed by atoms with Crippen molar-refractivity contribution < 1.29 is 46.2 Å². The molecule has 2 saturated heterocycles. The average molecular weight is 392 g/mol. The van der Waals surface area contributed by atoms with E-state index in [4.69, 9.17) is 15.0 Å². The third-order valence-corrected chi connectivity index (χ3v) is 6.45. The molecule has 0 saturated carbocycles. The fraction of sp³-hybridized carbons (Fsp3) is 1.00. The number of hydrogen-bond donors (Lipinski definition) is 5. The maximum atomic E-state index is 12.6. The minimum absolute atomic E-state index is 0.0487. The standard InChI is InChI=1S/C10H20N2O10S2/c11-24(19,20)22-5-1-2-12(3-5)23(17,18)10-9(16)8(15)7(14)6(4-13)21-10/h5-10,13-16H,1-4H2,(H2,11,19,20)/t5-,6+,7-,8+,9+,10+/m1/s1. The smallest absolute Gasteiger partial charge is 0.333 e. The molecule has 2 heterocycles. The molecule has 2 rings (SSSR count). The summed E-state index contributed by atoms with van der Waals surface area (Å²) >= 11 is 0. The van der Waals surface area contributed by atoms with Gasteiger partial charge in [-0.2, -0.15) is 12.7 Å². The molecule has 0 spiro atoms. The number of aliphatic hydroxyl groups is 4. The van der Waals surface area contributed by atoms with Crippen molar-refractivity contribution in [3.63, 3.8) is 0 Å². The van der Waals surface area contributed by atoms with Crippen LogP contribution in [0, 0.1) is 0 Å². The summed E-state index contributed by atoms with van der Waals surface area (Å²) in [5.41, 5.74) is -1.93. The molecule has 0 aromatic heterocycles. The first-order chi connectivity index (χ1) is 11.0. The van der Waals surface area contributed by atoms with E-state index in [1.165, 1.54) is 0 Å². The van der Waals surface area contributed by atoms with Gasteiger partial charge in [0.15, 0.2) is 0 Å². The zero-order valence-electron chi connectivity index (χ0n) is 12.4. The van der Waals surface area contributed by atoms with Crippen molar-refractivity contribution in [2.45, 2.75) is 42.4 Å². The van der Waals surface area contributed by atoms with Crippen LogP contribution < -0.4 is 5.14 Å². The van der Waals surface area contributed by atoms with Crippen LogP contribution in [0.15, 0.2) is 0 Å². The van der Waals surface area contributed by atoms with Gasteiger partial charge in [-0.25, -0.2) is 13.6 Å². The molecule has 6 atom stereocenters. The summed E-state index contributed by atoms with van der Waals surface area (Å²) in [4.78, 5) is 0. The van der Waals surface area contributed by atoms with Crippen molar-refractivity contribution in [1.82, 2.24) is 4.31 Å². The molecule has 0 aromatic carbocycles. The highest BCUT2D eigenvalue weighted by Gasteiger charge is 2.51. The van der Waals surface area contributed by atoms with Crippen molar-refractivity contribution in [2.24, 2.45) is 5.14 Å². The van der Waals surface area contributed by atoms with Crippen molar-refractivity contribution in [1.29, 1.82) is 0 Å². The van der Waals surface area contributed by atoms with Crippen LogP contribution in [0.4, 0.5) is 0 Å². The van der Waals surface area contributed by atoms with E-state index in [0.717, 1.165) is 4.31 Å². The summed E-state index contributed by atoms with van der Waals surface area (Å²) < 4.78 is 57.3. The highest BCUT2D eigenvalue weighted by atomic mass is 32.2. The number of ether oxygens (including phenoxy) is 1. The Morgan fingerprint density at radius 3 is 2.29 bits per heavy atom. The second kappa shape index (κ2) is 7.06. The van der Waals surface area contributed by atoms with Crippen molar-refractivity contribution in [3.05, 3.63) is 0 Å². The molecule has 0 unspecified atom stereocenters. The third-order valence-electron chi connectivity index (χ3n) is 3.88. The lowest BCUT2D eigenvalue weighted by Crippen LogP contribution is -2.62. The highest BCUT2D eigenvalue weighted by molar-refractivity contribution is 7.89. The SMILES string of the molecule is NS(=O)(=O)O[C@@H]1CCN(S(=O)(=O)[C@@H]2O[C@@H](CO)[C@@H](O)[C@H](O)[C@@H]2O)C1. The van der Waals surface area contributed by atoms with Gasteiger partial charge in [0, 0.05) is 13.1 Å². The lowest BCUT2D eigenvalue weighted by atomic mass is 10.0. The van der Waals surface area contributed by atoms with Crippen LogP contribution in [0.3, 0.4) is 0 Å². The molecule has 0 radical (unpaired) electrons. The van der Waals surface area contributed by atoms with Gasteiger partial charge in [0.25, 0.3) is 0 Å². The van der Waals surface area contributed by atoms with Gasteiger partial charge >= 0.3 is 10.3 Å². The van der Waals surface area contributed by atoms with E-state index in [0.29, 0.717) is 0 Å². The second-order valence-corrected chi connectivity index (χ2v) is 8.79. The van der Waals surface area contributed by atoms with Gasteiger partial charge in [-0.05, 0) is 6.42 Å². The molecule has 2 fully saturated rings. The van der Waals surface area contributed by atoms with E-state index >= 15 is 0 Å². The van der Waals surface area contributed by atoms with Crippen LogP contribution in [0.2, 0.25) is 0 Å². The maximum Gasteiger partial charge on any atom is 0.333 e. The Hall–Kier alpha value is -0.420. The van der Waals surface area contributed by atoms with E-state index in [-0.39, 0.29) is 19.5 Å². The van der Waals surface area contributed by atoms with Gasteiger partial charge in [0.1, 0.15) is 24.4 Å². The van der Waals surface area contributed by atoms with E-state index in [2.05, 4.69) is 4.18 Å². The predicted molar refractivity (Wildman–Crippen MR) is 76.9 cm³/mol. The van der Waals surface area contributed by atoms with Gasteiger partial charge in [0.2, 0.25) is 15.5 Å². The van der Waals surface area contributed by atoms with Crippen LogP contribution in [-0.2, 0) is 29.2 Å². The zero-order chi connectivity index (χ0) is 18.3. The molecule has 0 amide bonds. The normalized spacial score (nSPS) is 39.2. The lowest BCUT2D eigenvalue weighted by Gasteiger charge is -2.40. The minimum atomic E-state index is -4.34. The first-order valence-electron chi connectivity index (χ1n) is 6.98. The number of nitrogens with two attached hydrogens (primary N) is 1. The van der Waals surface area contributed by atoms with Crippen LogP contribution in [0.25, 0.3) is 0 Å². The molecule has 2 aliphatic rings. The fourth-order valence-electron chi connectivity index (χ4n) is 2.66. The molecule has 12 nitrogen and oxygen atoms in total. The number of nitrogens with zero attached hydrogens (tertiary/aromatic N) is 1. The van der Waals surface area contributed by atoms with Crippen LogP contribution in [0.1, 0.15) is 6.42 Å². The molecular formula is C10H20N2O10S2. The Bertz CT molecular complexity index is 651. The minimum Gasteiger partial charge on any atom is -0.394 e. The molecule has 0 aromatic rings. The first-order valence-corrected chi connectivity index (χ1v) is 9.95. The quantitative estimate of drug-likeness (QED) is 0.303. The van der Waals surface area contributed by atoms with Gasteiger partial charge in [-0.1, -0.05) is 0 Å². The van der Waals surface area contributed by atoms with E-state index in [1.807, 2.05) is 0 Å². The van der Waals surface area contributed by atoms with Gasteiger partial charge < -0.3 is 25.2 Å². The van der Waals surface area contributed by atoms with Crippen molar-refractivity contribution in [2.75, 3.05) is 19.7 Å². The Morgan fingerprint density at radius 1 is 1.12 bits per heavy atom. The largest absolute Gasteiger partial charge is 0.394 e. The number of aliphatic hydroxyl groups excluding tert-OH is 4. The van der Waals surface area contributed by atoms with E-state index in [1.54, 1.807) is 0 Å². The zero-order valence-corrected chi connectivity index (χ0v) is 14.0. The molecule has 14 heteroatoms. The second-order valence-electron chi connectivity index (χ2n) is 5.60.